The van der Waals surface area contributed by atoms with Crippen molar-refractivity contribution in [2.24, 2.45) is 0 Å². The zero-order valence-corrected chi connectivity index (χ0v) is 33.2. The maximum atomic E-state index is 5.41. The van der Waals surface area contributed by atoms with Crippen molar-refractivity contribution in [3.05, 3.63) is 224 Å². The van der Waals surface area contributed by atoms with E-state index >= 15 is 0 Å². The number of hydrogen-bond donors (Lipinski definition) is 0. The summed E-state index contributed by atoms with van der Waals surface area (Å²) in [5, 5.41) is 9.92. The second-order valence-corrected chi connectivity index (χ2v) is 15.7. The Balaban J connectivity index is 1.04. The van der Waals surface area contributed by atoms with E-state index in [1.807, 2.05) is 6.07 Å². The van der Waals surface area contributed by atoms with Gasteiger partial charge >= 0.3 is 0 Å². The molecule has 0 aliphatic carbocycles. The van der Waals surface area contributed by atoms with Gasteiger partial charge in [0.25, 0.3) is 0 Å². The molecule has 0 N–H and O–H groups in total. The van der Waals surface area contributed by atoms with E-state index in [-0.39, 0.29) is 0 Å². The lowest BCUT2D eigenvalue weighted by molar-refractivity contribution is 1.18. The summed E-state index contributed by atoms with van der Waals surface area (Å²) in [4.78, 5) is 10.7. The smallest absolute Gasteiger partial charge is 0.160 e. The molecule has 0 saturated carbocycles. The average Bonchev–Trinajstić information content (AvgIpc) is 3.68. The van der Waals surface area contributed by atoms with Gasteiger partial charge in [0.1, 0.15) is 0 Å². The van der Waals surface area contributed by atoms with Gasteiger partial charge in [-0.1, -0.05) is 194 Å². The maximum Gasteiger partial charge on any atom is 0.160 e. The lowest BCUT2D eigenvalue weighted by atomic mass is 9.89. The molecule has 3 nitrogen and oxygen atoms in total. The van der Waals surface area contributed by atoms with Gasteiger partial charge in [0.2, 0.25) is 0 Å². The topological polar surface area (TPSA) is 30.7 Å². The van der Waals surface area contributed by atoms with Gasteiger partial charge < -0.3 is 4.57 Å². The van der Waals surface area contributed by atoms with Crippen LogP contribution in [0.15, 0.2) is 224 Å². The molecule has 0 aliphatic rings. The number of para-hydroxylation sites is 3. The quantitative estimate of drug-likeness (QED) is 0.124. The van der Waals surface area contributed by atoms with E-state index in [0.717, 1.165) is 50.5 Å². The minimum atomic E-state index is 0.683. The van der Waals surface area contributed by atoms with Crippen LogP contribution in [0.1, 0.15) is 0 Å². The lowest BCUT2D eigenvalue weighted by Crippen LogP contribution is -1.98. The fourth-order valence-electron chi connectivity index (χ4n) is 9.41. The lowest BCUT2D eigenvalue weighted by Gasteiger charge is -2.16. The number of fused-ring (bicyclic) bond motifs is 7. The van der Waals surface area contributed by atoms with Crippen LogP contribution in [0.3, 0.4) is 0 Å². The molecule has 0 radical (unpaired) electrons. The molecule has 10 aromatic carbocycles. The number of hydrogen-bond acceptors (Lipinski definition) is 2. The Kier molecular flexibility index (Phi) is 8.17. The van der Waals surface area contributed by atoms with Gasteiger partial charge in [-0.15, -0.1) is 0 Å². The van der Waals surface area contributed by atoms with Crippen molar-refractivity contribution in [2.45, 2.75) is 0 Å². The van der Waals surface area contributed by atoms with E-state index in [9.17, 15) is 0 Å². The zero-order chi connectivity index (χ0) is 40.3. The van der Waals surface area contributed by atoms with Crippen molar-refractivity contribution >= 4 is 54.1 Å². The Morgan fingerprint density at radius 2 is 0.918 bits per heavy atom. The highest BCUT2D eigenvalue weighted by molar-refractivity contribution is 6.20. The van der Waals surface area contributed by atoms with Crippen molar-refractivity contribution in [1.29, 1.82) is 0 Å². The molecule has 0 unspecified atom stereocenters. The van der Waals surface area contributed by atoms with Gasteiger partial charge in [-0.3, -0.25) is 0 Å². The van der Waals surface area contributed by atoms with Gasteiger partial charge in [-0.05, 0) is 79.3 Å². The molecule has 0 fully saturated rings. The van der Waals surface area contributed by atoms with Gasteiger partial charge in [0, 0.05) is 38.7 Å². The van der Waals surface area contributed by atoms with Crippen molar-refractivity contribution in [1.82, 2.24) is 14.5 Å². The second-order valence-electron chi connectivity index (χ2n) is 15.7. The zero-order valence-electron chi connectivity index (χ0n) is 33.2. The summed E-state index contributed by atoms with van der Waals surface area (Å²) in [6.45, 7) is 0. The average molecular weight is 776 g/mol. The molecule has 0 bridgehead atoms. The first-order valence-electron chi connectivity index (χ1n) is 20.8. The summed E-state index contributed by atoms with van der Waals surface area (Å²) in [5.74, 6) is 0.683. The van der Waals surface area contributed by atoms with Crippen LogP contribution in [0.5, 0.6) is 0 Å². The third-order valence-electron chi connectivity index (χ3n) is 12.2. The molecule has 0 spiro atoms. The molecule has 3 heteroatoms. The number of benzene rings is 10. The molecule has 0 aliphatic heterocycles. The number of rotatable bonds is 6. The number of nitrogens with zero attached hydrogens (tertiary/aromatic N) is 3. The van der Waals surface area contributed by atoms with Gasteiger partial charge in [-0.2, -0.15) is 0 Å². The molecular formula is C58H37N3. The van der Waals surface area contributed by atoms with Gasteiger partial charge in [0.05, 0.1) is 22.4 Å². The van der Waals surface area contributed by atoms with Crippen LogP contribution < -0.4 is 0 Å². The molecule has 0 saturated heterocycles. The standard InChI is InChI=1S/C58H37N3/c1-3-17-39(18-4-1)53-37-54(47-25-12-11-24-46(47)50-27-15-28-51-48-26-13-14-29-55(48)61(57(50)51)43-20-5-2-6-21-43)60-58(59-53)41-32-30-40(31-33-41)56-45-23-10-8-19-42(45)36-52-44-22-9-7-16-38(44)34-35-49(52)56/h1-37H. The van der Waals surface area contributed by atoms with Crippen LogP contribution in [0.4, 0.5) is 0 Å². The predicted molar refractivity (Wildman–Crippen MR) is 256 cm³/mol. The molecular weight excluding hydrogens is 739 g/mol. The van der Waals surface area contributed by atoms with E-state index in [1.165, 1.54) is 59.7 Å². The first-order chi connectivity index (χ1) is 30.3. The Labute approximate surface area is 353 Å². The second kappa shape index (κ2) is 14.3. The summed E-state index contributed by atoms with van der Waals surface area (Å²) >= 11 is 0. The van der Waals surface area contributed by atoms with Crippen molar-refractivity contribution in [2.75, 3.05) is 0 Å². The highest BCUT2D eigenvalue weighted by Gasteiger charge is 2.20. The normalized spacial score (nSPS) is 11.6. The van der Waals surface area contributed by atoms with E-state index in [1.54, 1.807) is 0 Å². The van der Waals surface area contributed by atoms with Crippen LogP contribution in [0, 0.1) is 0 Å². The molecule has 0 amide bonds. The van der Waals surface area contributed by atoms with Crippen LogP contribution in [0.2, 0.25) is 0 Å². The van der Waals surface area contributed by atoms with E-state index < -0.39 is 0 Å². The third-order valence-corrected chi connectivity index (χ3v) is 12.2. The van der Waals surface area contributed by atoms with E-state index in [4.69, 9.17) is 9.97 Å². The summed E-state index contributed by atoms with van der Waals surface area (Å²) < 4.78 is 2.40. The minimum absolute atomic E-state index is 0.683. The Hall–Kier alpha value is -8.14. The first kappa shape index (κ1) is 34.9. The first-order valence-corrected chi connectivity index (χ1v) is 20.8. The van der Waals surface area contributed by atoms with Gasteiger partial charge in [-0.25, -0.2) is 9.97 Å². The highest BCUT2D eigenvalue weighted by atomic mass is 15.0. The van der Waals surface area contributed by atoms with Crippen molar-refractivity contribution in [3.8, 4) is 61.8 Å². The number of aromatic nitrogens is 3. The maximum absolute atomic E-state index is 5.41. The fraction of sp³-hybridized carbons (Fsp3) is 0. The Morgan fingerprint density at radius 1 is 0.311 bits per heavy atom. The van der Waals surface area contributed by atoms with E-state index in [0.29, 0.717) is 5.82 Å². The summed E-state index contributed by atoms with van der Waals surface area (Å²) in [6, 6.07) is 80.4. The van der Waals surface area contributed by atoms with Crippen molar-refractivity contribution < 1.29 is 0 Å². The third kappa shape index (κ3) is 5.82. The SMILES string of the molecule is c1ccc(-c2cc(-c3ccccc3-c3cccc4c5ccccc5n(-c5ccccc5)c34)nc(-c3ccc(-c4c5ccccc5cc5c4ccc4ccccc45)cc3)n2)cc1. The molecule has 12 aromatic rings. The van der Waals surface area contributed by atoms with Crippen LogP contribution >= 0.6 is 0 Å². The molecule has 12 rings (SSSR count). The fourth-order valence-corrected chi connectivity index (χ4v) is 9.41. The molecule has 2 aromatic heterocycles. The Bertz CT molecular complexity index is 3620. The predicted octanol–water partition coefficient (Wildman–Crippen LogP) is 15.4. The summed E-state index contributed by atoms with van der Waals surface area (Å²) in [5.41, 5.74) is 12.9. The van der Waals surface area contributed by atoms with Crippen LogP contribution in [0.25, 0.3) is 116 Å². The molecule has 61 heavy (non-hydrogen) atoms. The monoisotopic (exact) mass is 775 g/mol. The van der Waals surface area contributed by atoms with Gasteiger partial charge in [0.15, 0.2) is 5.82 Å². The van der Waals surface area contributed by atoms with Crippen molar-refractivity contribution in [3.63, 3.8) is 0 Å². The molecule has 0 atom stereocenters. The molecule has 2 heterocycles. The molecule has 284 valence electrons. The summed E-state index contributed by atoms with van der Waals surface area (Å²) in [6.07, 6.45) is 0. The van der Waals surface area contributed by atoms with Crippen LogP contribution in [-0.4, -0.2) is 14.5 Å². The minimum Gasteiger partial charge on any atom is -0.309 e. The van der Waals surface area contributed by atoms with Crippen LogP contribution in [-0.2, 0) is 0 Å². The summed E-state index contributed by atoms with van der Waals surface area (Å²) in [7, 11) is 0. The van der Waals surface area contributed by atoms with E-state index in [2.05, 4.69) is 223 Å². The largest absolute Gasteiger partial charge is 0.309 e. The Morgan fingerprint density at radius 3 is 1.74 bits per heavy atom. The highest BCUT2D eigenvalue weighted by Crippen LogP contribution is 2.43.